The van der Waals surface area contributed by atoms with Crippen LogP contribution in [-0.2, 0) is 4.74 Å². The van der Waals surface area contributed by atoms with Gasteiger partial charge in [-0.2, -0.15) is 0 Å². The molecule has 2 nitrogen and oxygen atoms in total. The van der Waals surface area contributed by atoms with Crippen molar-refractivity contribution in [3.8, 4) is 0 Å². The van der Waals surface area contributed by atoms with Gasteiger partial charge in [0.15, 0.2) is 0 Å². The Morgan fingerprint density at radius 2 is 2.40 bits per heavy atom. The maximum Gasteiger partial charge on any atom is 0.0777 e. The molecule has 0 aliphatic heterocycles. The minimum Gasteiger partial charge on any atom is -0.394 e. The van der Waals surface area contributed by atoms with Crippen molar-refractivity contribution in [2.45, 2.75) is 25.9 Å². The van der Waals surface area contributed by atoms with Crippen LogP contribution in [0.15, 0.2) is 12.7 Å². The van der Waals surface area contributed by atoms with E-state index in [1.54, 1.807) is 0 Å². The van der Waals surface area contributed by atoms with Gasteiger partial charge in [0.05, 0.1) is 12.7 Å². The summed E-state index contributed by atoms with van der Waals surface area (Å²) in [4.78, 5) is 0. The van der Waals surface area contributed by atoms with Crippen LogP contribution in [0.3, 0.4) is 0 Å². The van der Waals surface area contributed by atoms with Crippen molar-refractivity contribution >= 4 is 0 Å². The summed E-state index contributed by atoms with van der Waals surface area (Å²) in [6.45, 7) is 6.27. The molecule has 10 heavy (non-hydrogen) atoms. The molecule has 0 rings (SSSR count). The van der Waals surface area contributed by atoms with E-state index in [2.05, 4.69) is 6.58 Å². The topological polar surface area (TPSA) is 29.5 Å². The maximum absolute atomic E-state index is 8.55. The van der Waals surface area contributed by atoms with E-state index < -0.39 is 0 Å². The van der Waals surface area contributed by atoms with Crippen molar-refractivity contribution in [2.24, 2.45) is 0 Å². The van der Waals surface area contributed by atoms with Crippen LogP contribution in [0, 0.1) is 0 Å². The monoisotopic (exact) mass is 144 g/mol. The minimum absolute atomic E-state index is 0.0233. The largest absolute Gasteiger partial charge is 0.394 e. The highest BCUT2D eigenvalue weighted by molar-refractivity contribution is 4.65. The lowest BCUT2D eigenvalue weighted by Gasteiger charge is -2.08. The molecule has 0 aliphatic rings. The summed E-state index contributed by atoms with van der Waals surface area (Å²) in [5, 5.41) is 8.55. The van der Waals surface area contributed by atoms with Crippen LogP contribution in [-0.4, -0.2) is 24.4 Å². The maximum atomic E-state index is 8.55. The molecule has 0 aliphatic carbocycles. The van der Waals surface area contributed by atoms with Gasteiger partial charge in [-0.05, 0) is 19.8 Å². The molecular formula is C8H16O2. The Balaban J connectivity index is 2.95. The van der Waals surface area contributed by atoms with Gasteiger partial charge in [-0.15, -0.1) is 6.58 Å². The Hall–Kier alpha value is -0.340. The second-order valence-corrected chi connectivity index (χ2v) is 2.29. The average Bonchev–Trinajstić information content (AvgIpc) is 1.98. The van der Waals surface area contributed by atoms with E-state index in [1.807, 2.05) is 13.0 Å². The number of ether oxygens (including phenoxy) is 1. The molecule has 1 N–H and O–H groups in total. The van der Waals surface area contributed by atoms with Crippen LogP contribution < -0.4 is 0 Å². The molecule has 0 aromatic rings. The second-order valence-electron chi connectivity index (χ2n) is 2.29. The molecule has 1 unspecified atom stereocenters. The quantitative estimate of drug-likeness (QED) is 0.450. The van der Waals surface area contributed by atoms with Crippen molar-refractivity contribution in [3.63, 3.8) is 0 Å². The number of allylic oxidation sites excluding steroid dienone is 1. The van der Waals surface area contributed by atoms with Crippen LogP contribution in [0.5, 0.6) is 0 Å². The van der Waals surface area contributed by atoms with Gasteiger partial charge in [0, 0.05) is 6.61 Å². The fourth-order valence-corrected chi connectivity index (χ4v) is 0.565. The van der Waals surface area contributed by atoms with Gasteiger partial charge in [0.25, 0.3) is 0 Å². The SMILES string of the molecule is C=CCCCOC(C)CO. The summed E-state index contributed by atoms with van der Waals surface area (Å²) < 4.78 is 5.20. The first-order valence-corrected chi connectivity index (χ1v) is 3.64. The number of hydrogen-bond acceptors (Lipinski definition) is 2. The third kappa shape index (κ3) is 5.79. The third-order valence-corrected chi connectivity index (χ3v) is 1.21. The van der Waals surface area contributed by atoms with E-state index in [9.17, 15) is 0 Å². The van der Waals surface area contributed by atoms with E-state index >= 15 is 0 Å². The molecule has 0 amide bonds. The summed E-state index contributed by atoms with van der Waals surface area (Å²) >= 11 is 0. The molecule has 2 heteroatoms. The normalized spacial score (nSPS) is 13.0. The lowest BCUT2D eigenvalue weighted by atomic mass is 10.3. The van der Waals surface area contributed by atoms with Crippen molar-refractivity contribution in [3.05, 3.63) is 12.7 Å². The minimum atomic E-state index is -0.0233. The Kier molecular flexibility index (Phi) is 6.55. The molecule has 0 heterocycles. The highest BCUT2D eigenvalue weighted by atomic mass is 16.5. The van der Waals surface area contributed by atoms with Gasteiger partial charge in [-0.3, -0.25) is 0 Å². The molecule has 0 radical (unpaired) electrons. The summed E-state index contributed by atoms with van der Waals surface area (Å²) in [6.07, 6.45) is 3.82. The van der Waals surface area contributed by atoms with Crippen LogP contribution >= 0.6 is 0 Å². The molecule has 1 atom stereocenters. The zero-order valence-corrected chi connectivity index (χ0v) is 6.55. The highest BCUT2D eigenvalue weighted by Crippen LogP contribution is 1.94. The first-order chi connectivity index (χ1) is 4.81. The fraction of sp³-hybridized carbons (Fsp3) is 0.750. The second kappa shape index (κ2) is 6.78. The number of aliphatic hydroxyl groups excluding tert-OH is 1. The van der Waals surface area contributed by atoms with Crippen molar-refractivity contribution < 1.29 is 9.84 Å². The van der Waals surface area contributed by atoms with Gasteiger partial charge < -0.3 is 9.84 Å². The summed E-state index contributed by atoms with van der Waals surface area (Å²) in [5.41, 5.74) is 0. The predicted molar refractivity (Wildman–Crippen MR) is 41.9 cm³/mol. The molecule has 0 aromatic carbocycles. The van der Waals surface area contributed by atoms with Crippen LogP contribution in [0.2, 0.25) is 0 Å². The summed E-state index contributed by atoms with van der Waals surface area (Å²) in [5.74, 6) is 0. The Labute approximate surface area is 62.5 Å². The fourth-order valence-electron chi connectivity index (χ4n) is 0.565. The molecule has 0 bridgehead atoms. The van der Waals surface area contributed by atoms with Crippen molar-refractivity contribution in [1.29, 1.82) is 0 Å². The molecule has 0 spiro atoms. The van der Waals surface area contributed by atoms with Crippen LogP contribution in [0.4, 0.5) is 0 Å². The van der Waals surface area contributed by atoms with Crippen molar-refractivity contribution in [1.82, 2.24) is 0 Å². The number of rotatable bonds is 6. The lowest BCUT2D eigenvalue weighted by molar-refractivity contribution is 0.0242. The van der Waals surface area contributed by atoms with Crippen LogP contribution in [0.25, 0.3) is 0 Å². The average molecular weight is 144 g/mol. The smallest absolute Gasteiger partial charge is 0.0777 e. The van der Waals surface area contributed by atoms with E-state index in [0.717, 1.165) is 12.8 Å². The van der Waals surface area contributed by atoms with E-state index in [4.69, 9.17) is 9.84 Å². The lowest BCUT2D eigenvalue weighted by Crippen LogP contribution is -2.13. The zero-order chi connectivity index (χ0) is 7.82. The third-order valence-electron chi connectivity index (χ3n) is 1.21. The van der Waals surface area contributed by atoms with Gasteiger partial charge >= 0.3 is 0 Å². The molecule has 0 saturated heterocycles. The number of hydrogen-bond donors (Lipinski definition) is 1. The van der Waals surface area contributed by atoms with Gasteiger partial charge in [0.2, 0.25) is 0 Å². The number of aliphatic hydroxyl groups is 1. The van der Waals surface area contributed by atoms with Gasteiger partial charge in [-0.25, -0.2) is 0 Å². The Morgan fingerprint density at radius 1 is 1.70 bits per heavy atom. The zero-order valence-electron chi connectivity index (χ0n) is 6.55. The molecule has 0 aromatic heterocycles. The number of unbranched alkanes of at least 4 members (excludes halogenated alkanes) is 1. The van der Waals surface area contributed by atoms with E-state index in [-0.39, 0.29) is 12.7 Å². The Bertz CT molecular complexity index is 81.3. The van der Waals surface area contributed by atoms with Crippen molar-refractivity contribution in [2.75, 3.05) is 13.2 Å². The molecule has 0 fully saturated rings. The predicted octanol–water partition coefficient (Wildman–Crippen LogP) is 1.35. The van der Waals surface area contributed by atoms with Gasteiger partial charge in [-0.1, -0.05) is 6.08 Å². The molecule has 0 saturated carbocycles. The Morgan fingerprint density at radius 3 is 2.90 bits per heavy atom. The van der Waals surface area contributed by atoms with E-state index in [0.29, 0.717) is 6.61 Å². The first-order valence-electron chi connectivity index (χ1n) is 3.64. The molecule has 60 valence electrons. The van der Waals surface area contributed by atoms with E-state index in [1.165, 1.54) is 0 Å². The summed E-state index contributed by atoms with van der Waals surface area (Å²) in [6, 6.07) is 0. The highest BCUT2D eigenvalue weighted by Gasteiger charge is 1.96. The van der Waals surface area contributed by atoms with Crippen LogP contribution in [0.1, 0.15) is 19.8 Å². The molecular weight excluding hydrogens is 128 g/mol. The summed E-state index contributed by atoms with van der Waals surface area (Å²) in [7, 11) is 0. The standard InChI is InChI=1S/C8H16O2/c1-3-4-5-6-10-8(2)7-9/h3,8-9H,1,4-7H2,2H3. The van der Waals surface area contributed by atoms with Gasteiger partial charge in [0.1, 0.15) is 0 Å². The first kappa shape index (κ1) is 9.66.